The zero-order chi connectivity index (χ0) is 16.6. The highest BCUT2D eigenvalue weighted by atomic mass is 32.3. The third kappa shape index (κ3) is 2.47. The number of hydrogen-bond acceptors (Lipinski definition) is 5. The van der Waals surface area contributed by atoms with Gasteiger partial charge in [0.2, 0.25) is 5.75 Å². The Bertz CT molecular complexity index is 748. The van der Waals surface area contributed by atoms with Crippen LogP contribution in [0.25, 0.3) is 0 Å². The number of fused-ring (bicyclic) bond motifs is 1. The van der Waals surface area contributed by atoms with E-state index in [1.807, 2.05) is 0 Å². The molecule has 0 radical (unpaired) electrons. The van der Waals surface area contributed by atoms with E-state index < -0.39 is 22.0 Å². The molecule has 122 valence electrons. The second kappa shape index (κ2) is 6.21. The molecule has 0 saturated heterocycles. The van der Waals surface area contributed by atoms with Crippen LogP contribution in [0.3, 0.4) is 0 Å². The molecule has 0 bridgehead atoms. The van der Waals surface area contributed by atoms with Crippen molar-refractivity contribution in [2.75, 3.05) is 25.0 Å². The summed E-state index contributed by atoms with van der Waals surface area (Å²) in [4.78, 5) is 1.08. The molecule has 0 aromatic heterocycles. The number of methoxy groups -OCH3 is 3. The molecule has 6 nitrogen and oxygen atoms in total. The fourth-order valence-corrected chi connectivity index (χ4v) is 5.57. The normalized spacial score (nSPS) is 19.3. The lowest BCUT2D eigenvalue weighted by atomic mass is 10.2. The van der Waals surface area contributed by atoms with Crippen molar-refractivity contribution in [1.82, 2.24) is 0 Å². The highest BCUT2D eigenvalue weighted by Crippen LogP contribution is 2.44. The van der Waals surface area contributed by atoms with Gasteiger partial charge in [0, 0.05) is 12.1 Å². The van der Waals surface area contributed by atoms with Gasteiger partial charge in [0.1, 0.15) is 0 Å². The number of hydrogen-bond donors (Lipinski definition) is 0. The van der Waals surface area contributed by atoms with Crippen molar-refractivity contribution < 1.29 is 22.6 Å². The van der Waals surface area contributed by atoms with E-state index in [1.54, 1.807) is 36.4 Å². The summed E-state index contributed by atoms with van der Waals surface area (Å²) in [5.41, 5.74) is 0.465. The van der Waals surface area contributed by atoms with Crippen LogP contribution in [-0.4, -0.2) is 29.7 Å². The van der Waals surface area contributed by atoms with Gasteiger partial charge in [-0.3, -0.25) is 0 Å². The molecule has 2 aromatic carbocycles. The molecule has 1 heterocycles. The molecule has 0 saturated carbocycles. The van der Waals surface area contributed by atoms with Crippen LogP contribution in [0.4, 0.5) is 5.69 Å². The van der Waals surface area contributed by atoms with Crippen LogP contribution >= 0.6 is 0 Å². The molecule has 23 heavy (non-hydrogen) atoms. The van der Waals surface area contributed by atoms with Crippen molar-refractivity contribution in [1.29, 1.82) is 0 Å². The smallest absolute Gasteiger partial charge is 0.203 e. The Balaban J connectivity index is 2.13. The zero-order valence-electron chi connectivity index (χ0n) is 12.8. The molecule has 1 aliphatic heterocycles. The Morgan fingerprint density at radius 2 is 1.30 bits per heavy atom. The van der Waals surface area contributed by atoms with Crippen molar-refractivity contribution >= 4 is 27.7 Å². The van der Waals surface area contributed by atoms with Gasteiger partial charge in [-0.25, -0.2) is 8.42 Å². The average Bonchev–Trinajstić information content (AvgIpc) is 2.85. The molecule has 0 amide bonds. The molecule has 0 spiro atoms. The van der Waals surface area contributed by atoms with E-state index in [4.69, 9.17) is 14.2 Å². The summed E-state index contributed by atoms with van der Waals surface area (Å²) in [6, 6.07) is 10.2. The third-order valence-corrected chi connectivity index (χ3v) is 6.82. The number of anilines is 1. The number of benzene rings is 2. The van der Waals surface area contributed by atoms with E-state index in [-0.39, 0.29) is 0 Å². The predicted octanol–water partition coefficient (Wildman–Crippen LogP) is 2.28. The van der Waals surface area contributed by atoms with E-state index in [0.29, 0.717) is 32.7 Å². The van der Waals surface area contributed by atoms with Gasteiger partial charge in [-0.05, 0) is 12.1 Å². The van der Waals surface area contributed by atoms with Crippen LogP contribution in [0.1, 0.15) is 0 Å². The van der Waals surface area contributed by atoms with E-state index >= 15 is 0 Å². The van der Waals surface area contributed by atoms with E-state index in [0.717, 1.165) is 0 Å². The van der Waals surface area contributed by atoms with Crippen molar-refractivity contribution in [3.63, 3.8) is 0 Å². The first-order valence-electron chi connectivity index (χ1n) is 6.65. The van der Waals surface area contributed by atoms with Crippen LogP contribution in [0.5, 0.6) is 17.2 Å². The van der Waals surface area contributed by atoms with Crippen LogP contribution in [0.15, 0.2) is 46.2 Å². The lowest BCUT2D eigenvalue weighted by Crippen LogP contribution is -2.21. The largest absolute Gasteiger partial charge is 0.493 e. The molecule has 2 aromatic rings. The van der Waals surface area contributed by atoms with Gasteiger partial charge < -0.3 is 14.2 Å². The van der Waals surface area contributed by atoms with Gasteiger partial charge in [-0.2, -0.15) is 3.71 Å². The van der Waals surface area contributed by atoms with Crippen molar-refractivity contribution in [2.24, 2.45) is 0 Å². The van der Waals surface area contributed by atoms with Crippen LogP contribution < -0.4 is 17.9 Å². The van der Waals surface area contributed by atoms with Crippen LogP contribution in [0, 0.1) is 0 Å². The molecule has 0 N–H and O–H groups in total. The molecule has 2 unspecified atom stereocenters. The Morgan fingerprint density at radius 1 is 0.826 bits per heavy atom. The summed E-state index contributed by atoms with van der Waals surface area (Å²) in [5.74, 6) is 1.24. The van der Waals surface area contributed by atoms with Gasteiger partial charge in [-0.1, -0.05) is 12.1 Å². The number of rotatable bonds is 4. The Hall–Kier alpha value is -2.06. The Kier molecular flexibility index (Phi) is 4.27. The van der Waals surface area contributed by atoms with E-state index in [9.17, 15) is 8.42 Å². The number of nitrogens with zero attached hydrogens (tertiary/aromatic N) is 1. The Labute approximate surface area is 139 Å². The maximum atomic E-state index is 12.7. The molecular formula is C15H15NO5S2. The first-order chi connectivity index (χ1) is 11.1. The maximum Gasteiger partial charge on any atom is 0.203 e. The summed E-state index contributed by atoms with van der Waals surface area (Å²) in [6.45, 7) is 0. The summed E-state index contributed by atoms with van der Waals surface area (Å²) in [7, 11) is 1.36. The highest BCUT2D eigenvalue weighted by molar-refractivity contribution is 8.06. The Morgan fingerprint density at radius 3 is 1.70 bits per heavy atom. The molecule has 3 rings (SSSR count). The second-order valence-corrected chi connectivity index (χ2v) is 7.42. The van der Waals surface area contributed by atoms with Crippen molar-refractivity contribution in [3.8, 4) is 17.2 Å². The first-order valence-corrected chi connectivity index (χ1v) is 8.86. The topological polar surface area (TPSA) is 65.1 Å². The summed E-state index contributed by atoms with van der Waals surface area (Å²) in [6.07, 6.45) is 0. The van der Waals surface area contributed by atoms with Crippen LogP contribution in [0.2, 0.25) is 0 Å². The lowest BCUT2D eigenvalue weighted by molar-refractivity contribution is 0.324. The minimum atomic E-state index is -1.56. The van der Waals surface area contributed by atoms with Gasteiger partial charge in [0.25, 0.3) is 0 Å². The minimum absolute atomic E-state index is 0.409. The number of ether oxygens (including phenoxy) is 3. The zero-order valence-corrected chi connectivity index (χ0v) is 14.4. The average molecular weight is 353 g/mol. The van der Waals surface area contributed by atoms with Gasteiger partial charge >= 0.3 is 0 Å². The monoisotopic (exact) mass is 353 g/mol. The second-order valence-electron chi connectivity index (χ2n) is 4.59. The lowest BCUT2D eigenvalue weighted by Gasteiger charge is -2.18. The van der Waals surface area contributed by atoms with Gasteiger partial charge in [0.15, 0.2) is 33.5 Å². The third-order valence-electron chi connectivity index (χ3n) is 3.39. The van der Waals surface area contributed by atoms with E-state index in [2.05, 4.69) is 0 Å². The molecule has 2 atom stereocenters. The maximum absolute atomic E-state index is 12.7. The molecule has 0 fully saturated rings. The highest BCUT2D eigenvalue weighted by Gasteiger charge is 2.35. The summed E-state index contributed by atoms with van der Waals surface area (Å²) >= 11 is 0. The van der Waals surface area contributed by atoms with Crippen molar-refractivity contribution in [3.05, 3.63) is 36.4 Å². The first kappa shape index (κ1) is 15.8. The molecule has 1 aliphatic rings. The van der Waals surface area contributed by atoms with Crippen LogP contribution in [-0.2, 0) is 22.0 Å². The fourth-order valence-electron chi connectivity index (χ4n) is 2.34. The van der Waals surface area contributed by atoms with Gasteiger partial charge in [0.05, 0.1) is 36.8 Å². The molecular weight excluding hydrogens is 338 g/mol. The summed E-state index contributed by atoms with van der Waals surface area (Å²) < 4.78 is 42.6. The molecule has 8 heteroatoms. The quantitative estimate of drug-likeness (QED) is 0.844. The standard InChI is InChI=1S/C15H15NO5S2/c1-19-11-8-10(9-12(20-2)15(11)21-3)16-22(17)13-6-4-5-7-14(13)23(16)18/h4-9H,1-3H3. The van der Waals surface area contributed by atoms with E-state index in [1.165, 1.54) is 25.0 Å². The SMILES string of the molecule is COc1cc(N2S(=O)c3ccccc3S2=O)cc(OC)c1OC. The summed E-state index contributed by atoms with van der Waals surface area (Å²) in [5, 5.41) is 0. The van der Waals surface area contributed by atoms with Gasteiger partial charge in [-0.15, -0.1) is 0 Å². The minimum Gasteiger partial charge on any atom is -0.493 e. The predicted molar refractivity (Wildman–Crippen MR) is 87.8 cm³/mol. The fraction of sp³-hybridized carbons (Fsp3) is 0.200. The molecule has 0 aliphatic carbocycles. The van der Waals surface area contributed by atoms with Crippen molar-refractivity contribution in [2.45, 2.75) is 9.79 Å².